The second-order valence-corrected chi connectivity index (χ2v) is 4.55. The van der Waals surface area contributed by atoms with Crippen LogP contribution in [-0.4, -0.2) is 6.61 Å². The summed E-state index contributed by atoms with van der Waals surface area (Å²) < 4.78 is 18.7. The van der Waals surface area contributed by atoms with Gasteiger partial charge in [-0.1, -0.05) is 18.9 Å². The summed E-state index contributed by atoms with van der Waals surface area (Å²) in [7, 11) is 0. The fraction of sp³-hybridized carbons (Fsp3) is 0.538. The molecule has 2 rings (SSSR count). The molecular formula is C13H18FNO. The number of rotatable bonds is 5. The molecule has 2 N–H and O–H groups in total. The van der Waals surface area contributed by atoms with Crippen molar-refractivity contribution >= 4 is 0 Å². The molecule has 0 aliphatic heterocycles. The molecule has 88 valence electrons. The van der Waals surface area contributed by atoms with Gasteiger partial charge >= 0.3 is 0 Å². The minimum atomic E-state index is -0.272. The van der Waals surface area contributed by atoms with Crippen molar-refractivity contribution in [3.8, 4) is 5.75 Å². The Hall–Kier alpha value is -1.09. The summed E-state index contributed by atoms with van der Waals surface area (Å²) in [6.45, 7) is 2.54. The molecule has 1 fully saturated rings. The van der Waals surface area contributed by atoms with Crippen LogP contribution in [0.1, 0.15) is 37.8 Å². The maximum Gasteiger partial charge on any atom is 0.126 e. The lowest BCUT2D eigenvalue weighted by molar-refractivity contribution is 0.296. The Labute approximate surface area is 95.6 Å². The van der Waals surface area contributed by atoms with Crippen LogP contribution in [0, 0.1) is 11.7 Å². The van der Waals surface area contributed by atoms with Crippen molar-refractivity contribution in [2.45, 2.75) is 32.2 Å². The van der Waals surface area contributed by atoms with Gasteiger partial charge in [-0.25, -0.2) is 4.39 Å². The molecule has 16 heavy (non-hydrogen) atoms. The highest BCUT2D eigenvalue weighted by Gasteiger charge is 2.21. The Bertz CT molecular complexity index is 361. The van der Waals surface area contributed by atoms with E-state index in [-0.39, 0.29) is 11.9 Å². The van der Waals surface area contributed by atoms with E-state index in [4.69, 9.17) is 10.5 Å². The van der Waals surface area contributed by atoms with Crippen LogP contribution < -0.4 is 10.5 Å². The van der Waals surface area contributed by atoms with E-state index in [0.29, 0.717) is 12.4 Å². The standard InChI is InChI=1S/C13H18FNO/c1-9(15)12-5-4-11(14)8-13(12)16-7-6-10-2-3-10/h4-5,8-10H,2-3,6-7,15H2,1H3/t9-/m1/s1. The van der Waals surface area contributed by atoms with Gasteiger partial charge in [-0.05, 0) is 25.3 Å². The first-order valence-electron chi connectivity index (χ1n) is 5.84. The molecule has 1 saturated carbocycles. The van der Waals surface area contributed by atoms with Crippen molar-refractivity contribution in [2.75, 3.05) is 6.61 Å². The number of ether oxygens (including phenoxy) is 1. The average molecular weight is 223 g/mol. The molecule has 2 nitrogen and oxygen atoms in total. The monoisotopic (exact) mass is 223 g/mol. The molecule has 1 aromatic rings. The van der Waals surface area contributed by atoms with Crippen molar-refractivity contribution in [3.63, 3.8) is 0 Å². The molecule has 1 atom stereocenters. The van der Waals surface area contributed by atoms with Crippen LogP contribution in [0.5, 0.6) is 5.75 Å². The van der Waals surface area contributed by atoms with Gasteiger partial charge < -0.3 is 10.5 Å². The molecule has 0 unspecified atom stereocenters. The summed E-state index contributed by atoms with van der Waals surface area (Å²) in [5.41, 5.74) is 6.68. The van der Waals surface area contributed by atoms with Gasteiger partial charge in [0.15, 0.2) is 0 Å². The molecule has 1 aliphatic carbocycles. The van der Waals surface area contributed by atoms with Crippen LogP contribution in [0.3, 0.4) is 0 Å². The van der Waals surface area contributed by atoms with Crippen LogP contribution >= 0.6 is 0 Å². The summed E-state index contributed by atoms with van der Waals surface area (Å²) in [6.07, 6.45) is 3.69. The van der Waals surface area contributed by atoms with E-state index in [1.54, 1.807) is 6.07 Å². The maximum absolute atomic E-state index is 13.1. The van der Waals surface area contributed by atoms with E-state index in [9.17, 15) is 4.39 Å². The quantitative estimate of drug-likeness (QED) is 0.832. The lowest BCUT2D eigenvalue weighted by atomic mass is 10.1. The fourth-order valence-corrected chi connectivity index (χ4v) is 1.75. The first-order valence-corrected chi connectivity index (χ1v) is 5.84. The third-order valence-corrected chi connectivity index (χ3v) is 2.95. The zero-order chi connectivity index (χ0) is 11.5. The fourth-order valence-electron chi connectivity index (χ4n) is 1.75. The highest BCUT2D eigenvalue weighted by atomic mass is 19.1. The van der Waals surface area contributed by atoms with E-state index in [1.807, 2.05) is 6.92 Å². The van der Waals surface area contributed by atoms with Gasteiger partial charge in [0.05, 0.1) is 6.61 Å². The van der Waals surface area contributed by atoms with Crippen molar-refractivity contribution in [2.24, 2.45) is 11.7 Å². The molecule has 0 radical (unpaired) electrons. The normalized spacial score (nSPS) is 17.2. The van der Waals surface area contributed by atoms with Gasteiger partial charge in [-0.15, -0.1) is 0 Å². The van der Waals surface area contributed by atoms with E-state index < -0.39 is 0 Å². The lowest BCUT2D eigenvalue weighted by Gasteiger charge is -2.13. The lowest BCUT2D eigenvalue weighted by Crippen LogP contribution is -2.09. The third-order valence-electron chi connectivity index (χ3n) is 2.95. The topological polar surface area (TPSA) is 35.2 Å². The second-order valence-electron chi connectivity index (χ2n) is 4.55. The maximum atomic E-state index is 13.1. The predicted octanol–water partition coefficient (Wildman–Crippen LogP) is 3.02. The minimum absolute atomic E-state index is 0.128. The van der Waals surface area contributed by atoms with Crippen molar-refractivity contribution < 1.29 is 9.13 Å². The predicted molar refractivity (Wildman–Crippen MR) is 61.8 cm³/mol. The van der Waals surface area contributed by atoms with E-state index >= 15 is 0 Å². The van der Waals surface area contributed by atoms with Crippen LogP contribution in [0.25, 0.3) is 0 Å². The molecule has 0 aromatic heterocycles. The summed E-state index contributed by atoms with van der Waals surface area (Å²) in [6, 6.07) is 4.42. The molecule has 0 heterocycles. The van der Waals surface area contributed by atoms with E-state index in [1.165, 1.54) is 25.0 Å². The highest BCUT2D eigenvalue weighted by molar-refractivity contribution is 5.36. The Kier molecular flexibility index (Phi) is 3.44. The molecular weight excluding hydrogens is 205 g/mol. The molecule has 3 heteroatoms. The molecule has 1 aliphatic rings. The van der Waals surface area contributed by atoms with Crippen molar-refractivity contribution in [1.82, 2.24) is 0 Å². The van der Waals surface area contributed by atoms with Gasteiger partial charge in [-0.3, -0.25) is 0 Å². The Morgan fingerprint density at radius 2 is 2.25 bits per heavy atom. The van der Waals surface area contributed by atoms with Crippen molar-refractivity contribution in [3.05, 3.63) is 29.6 Å². The molecule has 0 bridgehead atoms. The van der Waals surface area contributed by atoms with Gasteiger partial charge in [-0.2, -0.15) is 0 Å². The van der Waals surface area contributed by atoms with Crippen LogP contribution in [-0.2, 0) is 0 Å². The summed E-state index contributed by atoms with van der Waals surface area (Å²) >= 11 is 0. The molecule has 0 saturated heterocycles. The van der Waals surface area contributed by atoms with Crippen molar-refractivity contribution in [1.29, 1.82) is 0 Å². The molecule has 0 spiro atoms. The van der Waals surface area contributed by atoms with Gasteiger partial charge in [0.25, 0.3) is 0 Å². The molecule has 1 aromatic carbocycles. The highest BCUT2D eigenvalue weighted by Crippen LogP contribution is 2.33. The Balaban J connectivity index is 2.00. The zero-order valence-corrected chi connectivity index (χ0v) is 9.58. The minimum Gasteiger partial charge on any atom is -0.493 e. The number of hydrogen-bond acceptors (Lipinski definition) is 2. The number of halogens is 1. The third kappa shape index (κ3) is 2.95. The Morgan fingerprint density at radius 3 is 2.88 bits per heavy atom. The van der Waals surface area contributed by atoms with Crippen LogP contribution in [0.4, 0.5) is 4.39 Å². The van der Waals surface area contributed by atoms with Gasteiger partial charge in [0.2, 0.25) is 0 Å². The number of hydrogen-bond donors (Lipinski definition) is 1. The smallest absolute Gasteiger partial charge is 0.126 e. The van der Waals surface area contributed by atoms with E-state index in [0.717, 1.165) is 17.9 Å². The first kappa shape index (κ1) is 11.4. The largest absolute Gasteiger partial charge is 0.493 e. The van der Waals surface area contributed by atoms with Gasteiger partial charge in [0.1, 0.15) is 11.6 Å². The Morgan fingerprint density at radius 1 is 1.50 bits per heavy atom. The van der Waals surface area contributed by atoms with E-state index in [2.05, 4.69) is 0 Å². The zero-order valence-electron chi connectivity index (χ0n) is 9.58. The SMILES string of the molecule is C[C@@H](N)c1ccc(F)cc1OCCC1CC1. The van der Waals surface area contributed by atoms with Gasteiger partial charge in [0, 0.05) is 17.7 Å². The number of benzene rings is 1. The van der Waals surface area contributed by atoms with Crippen LogP contribution in [0.2, 0.25) is 0 Å². The summed E-state index contributed by atoms with van der Waals surface area (Å²) in [5, 5.41) is 0. The van der Waals surface area contributed by atoms with Crippen LogP contribution in [0.15, 0.2) is 18.2 Å². The second kappa shape index (κ2) is 4.83. The molecule has 0 amide bonds. The summed E-state index contributed by atoms with van der Waals surface area (Å²) in [4.78, 5) is 0. The average Bonchev–Trinajstić information content (AvgIpc) is 3.01. The summed E-state index contributed by atoms with van der Waals surface area (Å²) in [5.74, 6) is 1.15. The first-order chi connectivity index (χ1) is 7.66. The number of nitrogens with two attached hydrogens (primary N) is 1.